The van der Waals surface area contributed by atoms with Crippen LogP contribution in [0, 0.1) is 10.1 Å². The summed E-state index contributed by atoms with van der Waals surface area (Å²) >= 11 is 0. The number of hydrogen-bond donors (Lipinski definition) is 0. The second kappa shape index (κ2) is 5.92. The van der Waals surface area contributed by atoms with E-state index in [1.54, 1.807) is 24.3 Å². The molecular weight excluding hydrogens is 260 g/mol. The molecule has 1 aromatic carbocycles. The molecule has 0 aliphatic carbocycles. The Hall–Kier alpha value is -2.76. The minimum absolute atomic E-state index is 0.107. The van der Waals surface area contributed by atoms with Crippen molar-refractivity contribution >= 4 is 11.5 Å². The van der Waals surface area contributed by atoms with Crippen molar-refractivity contribution in [3.63, 3.8) is 0 Å². The first-order chi connectivity index (χ1) is 9.58. The van der Waals surface area contributed by atoms with Crippen molar-refractivity contribution in [3.8, 4) is 0 Å². The Kier molecular flexibility index (Phi) is 4.05. The number of nitro groups is 1. The van der Waals surface area contributed by atoms with Gasteiger partial charge >= 0.3 is 0 Å². The van der Waals surface area contributed by atoms with E-state index in [4.69, 9.17) is 0 Å². The average Bonchev–Trinajstić information content (AvgIpc) is 2.46. The molecule has 0 saturated carbocycles. The summed E-state index contributed by atoms with van der Waals surface area (Å²) in [4.78, 5) is 33.5. The average molecular weight is 272 g/mol. The molecular formula is C14H12N2O4. The van der Waals surface area contributed by atoms with Gasteiger partial charge in [-0.05, 0) is 0 Å². The van der Waals surface area contributed by atoms with Crippen molar-refractivity contribution in [2.45, 2.75) is 13.0 Å². The zero-order chi connectivity index (χ0) is 14.5. The van der Waals surface area contributed by atoms with Gasteiger partial charge in [-0.1, -0.05) is 30.3 Å². The predicted octanol–water partition coefficient (Wildman–Crippen LogP) is 2.03. The van der Waals surface area contributed by atoms with E-state index in [1.807, 2.05) is 6.07 Å². The monoisotopic (exact) mass is 272 g/mol. The molecule has 6 heteroatoms. The molecule has 2 aromatic rings. The molecule has 0 aliphatic heterocycles. The van der Waals surface area contributed by atoms with Crippen LogP contribution in [0.3, 0.4) is 0 Å². The van der Waals surface area contributed by atoms with Crippen molar-refractivity contribution in [1.82, 2.24) is 4.57 Å². The minimum atomic E-state index is -0.574. The van der Waals surface area contributed by atoms with E-state index in [2.05, 4.69) is 0 Å². The Morgan fingerprint density at radius 1 is 1.15 bits per heavy atom. The van der Waals surface area contributed by atoms with E-state index in [0.717, 1.165) is 18.3 Å². The van der Waals surface area contributed by atoms with Crippen LogP contribution < -0.4 is 5.56 Å². The SMILES string of the molecule is O=C(CCn1cc([N+](=O)[O-])ccc1=O)c1ccccc1. The van der Waals surface area contributed by atoms with Crippen molar-refractivity contribution in [3.05, 3.63) is 74.7 Å². The lowest BCUT2D eigenvalue weighted by atomic mass is 10.1. The second-order valence-electron chi connectivity index (χ2n) is 4.22. The molecule has 0 spiro atoms. The summed E-state index contributed by atoms with van der Waals surface area (Å²) in [5.41, 5.74) is 0.0270. The third-order valence-electron chi connectivity index (χ3n) is 2.85. The molecule has 0 aliphatic rings. The molecule has 20 heavy (non-hydrogen) atoms. The Labute approximate surface area is 114 Å². The topological polar surface area (TPSA) is 82.2 Å². The Morgan fingerprint density at radius 3 is 2.50 bits per heavy atom. The Balaban J connectivity index is 2.11. The molecule has 0 unspecified atom stereocenters. The molecule has 1 aromatic heterocycles. The highest BCUT2D eigenvalue weighted by Gasteiger charge is 2.10. The van der Waals surface area contributed by atoms with Gasteiger partial charge in [0.15, 0.2) is 5.78 Å². The normalized spacial score (nSPS) is 10.2. The predicted molar refractivity (Wildman–Crippen MR) is 72.7 cm³/mol. The number of hydrogen-bond acceptors (Lipinski definition) is 4. The second-order valence-corrected chi connectivity index (χ2v) is 4.22. The highest BCUT2D eigenvalue weighted by atomic mass is 16.6. The summed E-state index contributed by atoms with van der Waals surface area (Å²) in [7, 11) is 0. The van der Waals surface area contributed by atoms with Crippen LogP contribution in [0.5, 0.6) is 0 Å². The summed E-state index contributed by atoms with van der Waals surface area (Å²) in [6.45, 7) is 0.119. The van der Waals surface area contributed by atoms with Crippen LogP contribution in [0.4, 0.5) is 5.69 Å². The van der Waals surface area contributed by atoms with E-state index in [1.165, 1.54) is 4.57 Å². The zero-order valence-corrected chi connectivity index (χ0v) is 10.6. The number of aryl methyl sites for hydroxylation is 1. The standard InChI is InChI=1S/C14H12N2O4/c17-13(11-4-2-1-3-5-11)8-9-15-10-12(16(19)20)6-7-14(15)18/h1-7,10H,8-9H2. The van der Waals surface area contributed by atoms with Gasteiger partial charge in [-0.25, -0.2) is 0 Å². The lowest BCUT2D eigenvalue weighted by molar-refractivity contribution is -0.385. The molecule has 0 amide bonds. The quantitative estimate of drug-likeness (QED) is 0.473. The summed E-state index contributed by atoms with van der Waals surface area (Å²) in [5, 5.41) is 10.6. The molecule has 1 heterocycles. The number of carbonyl (C=O) groups is 1. The Morgan fingerprint density at radius 2 is 1.85 bits per heavy atom. The number of carbonyl (C=O) groups excluding carboxylic acids is 1. The number of aromatic nitrogens is 1. The number of nitrogens with zero attached hydrogens (tertiary/aromatic N) is 2. The first-order valence-corrected chi connectivity index (χ1v) is 6.01. The first-order valence-electron chi connectivity index (χ1n) is 6.01. The van der Waals surface area contributed by atoms with Gasteiger partial charge in [-0.15, -0.1) is 0 Å². The lowest BCUT2D eigenvalue weighted by Gasteiger charge is -2.04. The summed E-state index contributed by atoms with van der Waals surface area (Å²) in [6, 6.07) is 11.0. The highest BCUT2D eigenvalue weighted by molar-refractivity contribution is 5.95. The van der Waals surface area contributed by atoms with E-state index >= 15 is 0 Å². The van der Waals surface area contributed by atoms with Crippen LogP contribution in [0.25, 0.3) is 0 Å². The van der Waals surface area contributed by atoms with Crippen LogP contribution in [0.2, 0.25) is 0 Å². The molecule has 102 valence electrons. The molecule has 0 radical (unpaired) electrons. The maximum atomic E-state index is 11.9. The molecule has 0 saturated heterocycles. The molecule has 6 nitrogen and oxygen atoms in total. The maximum Gasteiger partial charge on any atom is 0.285 e. The summed E-state index contributed by atoms with van der Waals surface area (Å²) in [5.74, 6) is -0.107. The molecule has 0 bridgehead atoms. The van der Waals surface area contributed by atoms with Gasteiger partial charge in [0.25, 0.3) is 11.2 Å². The van der Waals surface area contributed by atoms with Crippen LogP contribution in [0.15, 0.2) is 53.5 Å². The zero-order valence-electron chi connectivity index (χ0n) is 10.6. The van der Waals surface area contributed by atoms with E-state index < -0.39 is 4.92 Å². The minimum Gasteiger partial charge on any atom is -0.308 e. The van der Waals surface area contributed by atoms with Gasteiger partial charge in [-0.3, -0.25) is 19.7 Å². The number of rotatable bonds is 5. The van der Waals surface area contributed by atoms with Crippen molar-refractivity contribution in [2.75, 3.05) is 0 Å². The fourth-order valence-electron chi connectivity index (χ4n) is 1.79. The van der Waals surface area contributed by atoms with Gasteiger partial charge in [0.2, 0.25) is 0 Å². The van der Waals surface area contributed by atoms with Gasteiger partial charge in [-0.2, -0.15) is 0 Å². The van der Waals surface area contributed by atoms with Gasteiger partial charge < -0.3 is 4.57 Å². The van der Waals surface area contributed by atoms with Crippen molar-refractivity contribution in [2.24, 2.45) is 0 Å². The molecule has 0 atom stereocenters. The van der Waals surface area contributed by atoms with Crippen LogP contribution >= 0.6 is 0 Å². The number of ketones is 1. The Bertz CT molecular complexity index is 692. The van der Waals surface area contributed by atoms with Crippen LogP contribution in [-0.2, 0) is 6.54 Å². The summed E-state index contributed by atoms with van der Waals surface area (Å²) < 4.78 is 1.18. The number of benzene rings is 1. The number of Topliss-reactive ketones (excluding diaryl/α,β-unsaturated/α-hetero) is 1. The van der Waals surface area contributed by atoms with Gasteiger partial charge in [0.05, 0.1) is 11.1 Å². The fraction of sp³-hybridized carbons (Fsp3) is 0.143. The van der Waals surface area contributed by atoms with E-state index in [-0.39, 0.29) is 30.0 Å². The number of pyridine rings is 1. The van der Waals surface area contributed by atoms with Crippen molar-refractivity contribution in [1.29, 1.82) is 0 Å². The fourth-order valence-corrected chi connectivity index (χ4v) is 1.79. The van der Waals surface area contributed by atoms with E-state index in [9.17, 15) is 19.7 Å². The maximum absolute atomic E-state index is 11.9. The first kappa shape index (κ1) is 13.7. The largest absolute Gasteiger partial charge is 0.308 e. The molecule has 0 fully saturated rings. The molecule has 0 N–H and O–H groups in total. The van der Waals surface area contributed by atoms with Crippen molar-refractivity contribution < 1.29 is 9.72 Å². The lowest BCUT2D eigenvalue weighted by Crippen LogP contribution is -2.20. The smallest absolute Gasteiger partial charge is 0.285 e. The molecule has 2 rings (SSSR count). The van der Waals surface area contributed by atoms with E-state index in [0.29, 0.717) is 5.56 Å². The third kappa shape index (κ3) is 3.17. The summed E-state index contributed by atoms with van der Waals surface area (Å²) in [6.07, 6.45) is 1.27. The third-order valence-corrected chi connectivity index (χ3v) is 2.85. The van der Waals surface area contributed by atoms with Crippen LogP contribution in [-0.4, -0.2) is 15.3 Å². The highest BCUT2D eigenvalue weighted by Crippen LogP contribution is 2.08. The van der Waals surface area contributed by atoms with Gasteiger partial charge in [0.1, 0.15) is 0 Å². The van der Waals surface area contributed by atoms with Crippen LogP contribution in [0.1, 0.15) is 16.8 Å². The van der Waals surface area contributed by atoms with Gasteiger partial charge in [0, 0.05) is 30.7 Å².